The molecular weight excluding hydrogens is 317 g/mol. The number of aliphatic hydroxyl groups is 1. The first-order valence-electron chi connectivity index (χ1n) is 6.92. The van der Waals surface area contributed by atoms with E-state index in [1.54, 1.807) is 0 Å². The number of amides is 2. The lowest BCUT2D eigenvalue weighted by Gasteiger charge is -2.29. The lowest BCUT2D eigenvalue weighted by molar-refractivity contribution is -0.271. The third kappa shape index (κ3) is 4.68. The molecule has 7 nitrogen and oxygen atoms in total. The van der Waals surface area contributed by atoms with Crippen LogP contribution in [0.2, 0.25) is 0 Å². The van der Waals surface area contributed by atoms with Gasteiger partial charge in [-0.2, -0.15) is 13.2 Å². The molecule has 23 heavy (non-hydrogen) atoms. The predicted octanol–water partition coefficient (Wildman–Crippen LogP) is 0.202. The molecule has 0 spiro atoms. The van der Waals surface area contributed by atoms with Gasteiger partial charge in [-0.3, -0.25) is 9.59 Å². The Kier molecular flexibility index (Phi) is 6.13. The minimum absolute atomic E-state index is 0.397. The van der Waals surface area contributed by atoms with Crippen LogP contribution < -0.4 is 10.6 Å². The minimum atomic E-state index is -5.10. The smallest absolute Gasteiger partial charge is 0.374 e. The molecule has 0 bridgehead atoms. The van der Waals surface area contributed by atoms with Crippen molar-refractivity contribution in [1.82, 2.24) is 20.2 Å². The Bertz CT molecular complexity index is 559. The molecule has 2 amide bonds. The lowest BCUT2D eigenvalue weighted by Crippen LogP contribution is -2.48. The van der Waals surface area contributed by atoms with Crippen molar-refractivity contribution in [3.63, 3.8) is 0 Å². The van der Waals surface area contributed by atoms with Gasteiger partial charge < -0.3 is 20.3 Å². The van der Waals surface area contributed by atoms with Crippen LogP contribution in [0.15, 0.2) is 12.4 Å². The molecular formula is C13H19F3N4O3. The Morgan fingerprint density at radius 2 is 1.96 bits per heavy atom. The van der Waals surface area contributed by atoms with Crippen molar-refractivity contribution < 1.29 is 27.9 Å². The molecule has 0 aliphatic rings. The summed E-state index contributed by atoms with van der Waals surface area (Å²) in [6.07, 6.45) is -3.40. The van der Waals surface area contributed by atoms with Crippen molar-refractivity contribution >= 4 is 11.8 Å². The quantitative estimate of drug-likeness (QED) is 0.663. The van der Waals surface area contributed by atoms with Crippen LogP contribution in [0.3, 0.4) is 0 Å². The van der Waals surface area contributed by atoms with E-state index < -0.39 is 42.4 Å². The second kappa shape index (κ2) is 7.44. The van der Waals surface area contributed by atoms with Crippen molar-refractivity contribution in [1.29, 1.82) is 0 Å². The molecule has 0 saturated heterocycles. The van der Waals surface area contributed by atoms with Crippen LogP contribution in [0.1, 0.15) is 25.6 Å². The highest BCUT2D eigenvalue weighted by atomic mass is 19.4. The molecule has 1 atom stereocenters. The summed E-state index contributed by atoms with van der Waals surface area (Å²) in [4.78, 5) is 26.5. The van der Waals surface area contributed by atoms with E-state index in [1.165, 1.54) is 13.2 Å². The zero-order valence-corrected chi connectivity index (χ0v) is 12.8. The molecule has 1 aromatic heterocycles. The monoisotopic (exact) mass is 336 g/mol. The number of carbonyl (C=O) groups excluding carboxylic acids is 2. The van der Waals surface area contributed by atoms with Crippen molar-refractivity contribution in [3.8, 4) is 0 Å². The number of halogens is 3. The van der Waals surface area contributed by atoms with Gasteiger partial charge in [0, 0.05) is 26.0 Å². The summed E-state index contributed by atoms with van der Waals surface area (Å²) < 4.78 is 40.6. The number of rotatable bonds is 7. The zero-order valence-electron chi connectivity index (χ0n) is 12.8. The fourth-order valence-corrected chi connectivity index (χ4v) is 1.87. The third-order valence-corrected chi connectivity index (χ3v) is 3.09. The van der Waals surface area contributed by atoms with E-state index in [-0.39, 0.29) is 0 Å². The SMILES string of the molecule is CCCNC(=O)CNC(=O)CC(O)(c1nccn1C)C(F)(F)F. The Balaban J connectivity index is 2.78. The summed E-state index contributed by atoms with van der Waals surface area (Å²) in [5, 5.41) is 14.5. The normalized spacial score (nSPS) is 14.2. The zero-order chi connectivity index (χ0) is 17.7. The number of aromatic nitrogens is 2. The topological polar surface area (TPSA) is 96.2 Å². The minimum Gasteiger partial charge on any atom is -0.374 e. The first kappa shape index (κ1) is 18.9. The number of aryl methyl sites for hydroxylation is 1. The van der Waals surface area contributed by atoms with Gasteiger partial charge in [0.05, 0.1) is 13.0 Å². The van der Waals surface area contributed by atoms with Gasteiger partial charge in [-0.25, -0.2) is 4.98 Å². The number of imidazole rings is 1. The molecule has 0 aliphatic heterocycles. The first-order chi connectivity index (χ1) is 10.6. The molecule has 0 saturated carbocycles. The molecule has 130 valence electrons. The average Bonchev–Trinajstić information content (AvgIpc) is 2.88. The van der Waals surface area contributed by atoms with E-state index >= 15 is 0 Å². The van der Waals surface area contributed by atoms with E-state index in [0.717, 1.165) is 10.8 Å². The summed E-state index contributed by atoms with van der Waals surface area (Å²) in [5.74, 6) is -2.33. The highest BCUT2D eigenvalue weighted by Gasteiger charge is 2.58. The van der Waals surface area contributed by atoms with Gasteiger partial charge in [-0.15, -0.1) is 0 Å². The van der Waals surface area contributed by atoms with E-state index in [2.05, 4.69) is 15.6 Å². The van der Waals surface area contributed by atoms with Gasteiger partial charge >= 0.3 is 6.18 Å². The van der Waals surface area contributed by atoms with Crippen molar-refractivity contribution in [3.05, 3.63) is 18.2 Å². The summed E-state index contributed by atoms with van der Waals surface area (Å²) >= 11 is 0. The maximum absolute atomic E-state index is 13.2. The molecule has 1 heterocycles. The number of alkyl halides is 3. The molecule has 1 unspecified atom stereocenters. The van der Waals surface area contributed by atoms with Crippen LogP contribution in [0.4, 0.5) is 13.2 Å². The molecule has 0 radical (unpaired) electrons. The van der Waals surface area contributed by atoms with E-state index in [4.69, 9.17) is 0 Å². The van der Waals surface area contributed by atoms with E-state index in [1.807, 2.05) is 6.92 Å². The van der Waals surface area contributed by atoms with Crippen LogP contribution in [0.5, 0.6) is 0 Å². The summed E-state index contributed by atoms with van der Waals surface area (Å²) in [6.45, 7) is 1.76. The standard InChI is InChI=1S/C13H19F3N4O3/c1-3-4-17-10(22)8-19-9(21)7-12(23,13(14,15)16)11-18-5-6-20(11)2/h5-6,23H,3-4,7-8H2,1-2H3,(H,17,22)(H,19,21). The summed E-state index contributed by atoms with van der Waals surface area (Å²) in [6, 6.07) is 0. The van der Waals surface area contributed by atoms with Gasteiger partial charge in [-0.1, -0.05) is 6.92 Å². The molecule has 1 aromatic rings. The molecule has 0 aliphatic carbocycles. The van der Waals surface area contributed by atoms with Crippen LogP contribution in [-0.4, -0.2) is 45.7 Å². The fourth-order valence-electron chi connectivity index (χ4n) is 1.87. The maximum Gasteiger partial charge on any atom is 0.425 e. The van der Waals surface area contributed by atoms with Gasteiger partial charge in [-0.05, 0) is 6.42 Å². The number of nitrogens with one attached hydrogen (secondary N) is 2. The third-order valence-electron chi connectivity index (χ3n) is 3.09. The van der Waals surface area contributed by atoms with Gasteiger partial charge in [0.15, 0.2) is 5.82 Å². The summed E-state index contributed by atoms with van der Waals surface area (Å²) in [7, 11) is 1.27. The van der Waals surface area contributed by atoms with Crippen LogP contribution in [-0.2, 0) is 22.2 Å². The van der Waals surface area contributed by atoms with Crippen LogP contribution in [0, 0.1) is 0 Å². The molecule has 0 aromatic carbocycles. The Morgan fingerprint density at radius 3 is 2.43 bits per heavy atom. The largest absolute Gasteiger partial charge is 0.425 e. The van der Waals surface area contributed by atoms with Crippen LogP contribution >= 0.6 is 0 Å². The number of hydrogen-bond acceptors (Lipinski definition) is 4. The molecule has 1 rings (SSSR count). The van der Waals surface area contributed by atoms with E-state index in [0.29, 0.717) is 13.0 Å². The van der Waals surface area contributed by atoms with E-state index in [9.17, 15) is 27.9 Å². The second-order valence-corrected chi connectivity index (χ2v) is 5.02. The second-order valence-electron chi connectivity index (χ2n) is 5.02. The molecule has 10 heteroatoms. The lowest BCUT2D eigenvalue weighted by atomic mass is 9.97. The predicted molar refractivity (Wildman–Crippen MR) is 74.1 cm³/mol. The Labute approximate surface area is 130 Å². The summed E-state index contributed by atoms with van der Waals surface area (Å²) in [5.41, 5.74) is -3.44. The highest BCUT2D eigenvalue weighted by Crippen LogP contribution is 2.40. The number of carbonyl (C=O) groups is 2. The highest BCUT2D eigenvalue weighted by molar-refractivity contribution is 5.85. The average molecular weight is 336 g/mol. The molecule has 0 fully saturated rings. The van der Waals surface area contributed by atoms with Crippen LogP contribution in [0.25, 0.3) is 0 Å². The Hall–Kier alpha value is -2.10. The van der Waals surface area contributed by atoms with Crippen molar-refractivity contribution in [2.24, 2.45) is 7.05 Å². The van der Waals surface area contributed by atoms with Gasteiger partial charge in [0.2, 0.25) is 17.4 Å². The number of nitrogens with zero attached hydrogens (tertiary/aromatic N) is 2. The Morgan fingerprint density at radius 1 is 1.30 bits per heavy atom. The van der Waals surface area contributed by atoms with Crippen molar-refractivity contribution in [2.75, 3.05) is 13.1 Å². The molecule has 3 N–H and O–H groups in total. The first-order valence-corrected chi connectivity index (χ1v) is 6.92. The number of hydrogen-bond donors (Lipinski definition) is 3. The van der Waals surface area contributed by atoms with Gasteiger partial charge in [0.1, 0.15) is 0 Å². The van der Waals surface area contributed by atoms with Crippen molar-refractivity contribution in [2.45, 2.75) is 31.5 Å². The van der Waals surface area contributed by atoms with Gasteiger partial charge in [0.25, 0.3) is 0 Å². The maximum atomic E-state index is 13.2. The fraction of sp³-hybridized carbons (Fsp3) is 0.615.